The number of alkyl halides is 1. The molecule has 0 N–H and O–H groups in total. The third-order valence-corrected chi connectivity index (χ3v) is 3.05. The Hall–Kier alpha value is -0.0700. The normalized spacial score (nSPS) is 34.6. The standard InChI is InChI=1S/C10H19F/c1-7(11)8-5-9(6-8)10(2,3)4/h7-9H,5-6H2,1-4H3. The van der Waals surface area contributed by atoms with Crippen molar-refractivity contribution in [2.45, 2.75) is 46.7 Å². The van der Waals surface area contributed by atoms with Gasteiger partial charge in [0.25, 0.3) is 0 Å². The van der Waals surface area contributed by atoms with Gasteiger partial charge in [0.1, 0.15) is 6.17 Å². The monoisotopic (exact) mass is 158 g/mol. The maximum absolute atomic E-state index is 12.7. The van der Waals surface area contributed by atoms with Crippen LogP contribution >= 0.6 is 0 Å². The first-order valence-corrected chi connectivity index (χ1v) is 4.55. The Morgan fingerprint density at radius 2 is 1.73 bits per heavy atom. The molecule has 0 nitrogen and oxygen atoms in total. The van der Waals surface area contributed by atoms with E-state index >= 15 is 0 Å². The fourth-order valence-electron chi connectivity index (χ4n) is 1.74. The second-order valence-corrected chi connectivity index (χ2v) is 4.97. The third kappa shape index (κ3) is 1.94. The van der Waals surface area contributed by atoms with Crippen LogP contribution in [0.2, 0.25) is 0 Å². The molecular weight excluding hydrogens is 139 g/mol. The number of rotatable bonds is 1. The molecule has 0 aromatic rings. The maximum Gasteiger partial charge on any atom is 0.100 e. The van der Waals surface area contributed by atoms with Gasteiger partial charge in [0.2, 0.25) is 0 Å². The minimum Gasteiger partial charge on any atom is -0.247 e. The number of halogens is 1. The van der Waals surface area contributed by atoms with Crippen molar-refractivity contribution in [2.24, 2.45) is 17.3 Å². The number of hydrogen-bond acceptors (Lipinski definition) is 0. The molecule has 0 radical (unpaired) electrons. The molecule has 0 aromatic carbocycles. The highest BCUT2D eigenvalue weighted by molar-refractivity contribution is 4.89. The van der Waals surface area contributed by atoms with Gasteiger partial charge in [-0.2, -0.15) is 0 Å². The zero-order valence-electron chi connectivity index (χ0n) is 8.02. The van der Waals surface area contributed by atoms with E-state index in [4.69, 9.17) is 0 Å². The van der Waals surface area contributed by atoms with Gasteiger partial charge in [-0.3, -0.25) is 0 Å². The zero-order chi connectivity index (χ0) is 8.65. The van der Waals surface area contributed by atoms with Gasteiger partial charge >= 0.3 is 0 Å². The Bertz CT molecular complexity index is 126. The third-order valence-electron chi connectivity index (χ3n) is 3.05. The summed E-state index contributed by atoms with van der Waals surface area (Å²) < 4.78 is 12.7. The van der Waals surface area contributed by atoms with Crippen molar-refractivity contribution in [3.05, 3.63) is 0 Å². The van der Waals surface area contributed by atoms with E-state index in [0.29, 0.717) is 11.3 Å². The van der Waals surface area contributed by atoms with Crippen LogP contribution in [0.15, 0.2) is 0 Å². The Kier molecular flexibility index (Phi) is 2.27. The van der Waals surface area contributed by atoms with Crippen molar-refractivity contribution in [2.75, 3.05) is 0 Å². The molecule has 0 amide bonds. The van der Waals surface area contributed by atoms with Crippen LogP contribution in [0.3, 0.4) is 0 Å². The van der Waals surface area contributed by atoms with Crippen LogP contribution in [0, 0.1) is 17.3 Å². The molecule has 0 bridgehead atoms. The molecule has 0 aromatic heterocycles. The molecule has 1 rings (SSSR count). The average molecular weight is 158 g/mol. The van der Waals surface area contributed by atoms with Gasteiger partial charge in [0.15, 0.2) is 0 Å². The minimum absolute atomic E-state index is 0.360. The largest absolute Gasteiger partial charge is 0.247 e. The summed E-state index contributed by atoms with van der Waals surface area (Å²) in [6.07, 6.45) is 1.61. The molecule has 11 heavy (non-hydrogen) atoms. The fraction of sp³-hybridized carbons (Fsp3) is 1.00. The van der Waals surface area contributed by atoms with E-state index in [1.54, 1.807) is 6.92 Å². The molecule has 1 aliphatic carbocycles. The fourth-order valence-corrected chi connectivity index (χ4v) is 1.74. The summed E-state index contributed by atoms with van der Waals surface area (Å²) in [5, 5.41) is 0. The molecule has 0 heterocycles. The summed E-state index contributed by atoms with van der Waals surface area (Å²) in [6, 6.07) is 0. The molecule has 0 aliphatic heterocycles. The predicted molar refractivity (Wildman–Crippen MR) is 46.2 cm³/mol. The van der Waals surface area contributed by atoms with Crippen LogP contribution in [0.4, 0.5) is 4.39 Å². The number of hydrogen-bond donors (Lipinski definition) is 0. The van der Waals surface area contributed by atoms with E-state index in [1.165, 1.54) is 0 Å². The van der Waals surface area contributed by atoms with Gasteiger partial charge in [0, 0.05) is 0 Å². The molecule has 1 saturated carbocycles. The second-order valence-electron chi connectivity index (χ2n) is 4.97. The highest BCUT2D eigenvalue weighted by atomic mass is 19.1. The van der Waals surface area contributed by atoms with Crippen molar-refractivity contribution >= 4 is 0 Å². The van der Waals surface area contributed by atoms with Crippen LogP contribution in [-0.4, -0.2) is 6.17 Å². The van der Waals surface area contributed by atoms with E-state index in [-0.39, 0.29) is 0 Å². The Balaban J connectivity index is 2.30. The summed E-state index contributed by atoms with van der Waals surface area (Å²) in [7, 11) is 0. The molecule has 1 atom stereocenters. The van der Waals surface area contributed by atoms with Crippen LogP contribution < -0.4 is 0 Å². The topological polar surface area (TPSA) is 0 Å². The molecule has 66 valence electrons. The van der Waals surface area contributed by atoms with Crippen molar-refractivity contribution in [3.63, 3.8) is 0 Å². The summed E-state index contributed by atoms with van der Waals surface area (Å²) in [5.41, 5.74) is 0.394. The Morgan fingerprint density at radius 1 is 1.27 bits per heavy atom. The first-order chi connectivity index (χ1) is 4.91. The zero-order valence-corrected chi connectivity index (χ0v) is 8.02. The quantitative estimate of drug-likeness (QED) is 0.548. The van der Waals surface area contributed by atoms with E-state index in [9.17, 15) is 4.39 Å². The van der Waals surface area contributed by atoms with Gasteiger partial charge < -0.3 is 0 Å². The van der Waals surface area contributed by atoms with Gasteiger partial charge in [-0.15, -0.1) is 0 Å². The highest BCUT2D eigenvalue weighted by Crippen LogP contribution is 2.46. The molecule has 1 fully saturated rings. The molecule has 1 heteroatoms. The lowest BCUT2D eigenvalue weighted by Gasteiger charge is -2.44. The summed E-state index contributed by atoms with van der Waals surface area (Å²) in [5.74, 6) is 1.12. The molecule has 0 saturated heterocycles. The van der Waals surface area contributed by atoms with Gasteiger partial charge in [-0.05, 0) is 37.0 Å². The van der Waals surface area contributed by atoms with E-state index < -0.39 is 6.17 Å². The van der Waals surface area contributed by atoms with Crippen molar-refractivity contribution in [3.8, 4) is 0 Å². The first kappa shape index (κ1) is 9.02. The van der Waals surface area contributed by atoms with Gasteiger partial charge in [0.05, 0.1) is 0 Å². The predicted octanol–water partition coefficient (Wildman–Crippen LogP) is 3.42. The minimum atomic E-state index is -0.589. The Labute approximate surface area is 69.2 Å². The van der Waals surface area contributed by atoms with E-state index in [2.05, 4.69) is 20.8 Å². The van der Waals surface area contributed by atoms with Crippen molar-refractivity contribution in [1.29, 1.82) is 0 Å². The first-order valence-electron chi connectivity index (χ1n) is 4.55. The highest BCUT2D eigenvalue weighted by Gasteiger charge is 2.39. The van der Waals surface area contributed by atoms with Crippen molar-refractivity contribution in [1.82, 2.24) is 0 Å². The molecule has 1 aliphatic rings. The summed E-state index contributed by atoms with van der Waals surface area (Å²) in [4.78, 5) is 0. The van der Waals surface area contributed by atoms with Crippen LogP contribution in [0.1, 0.15) is 40.5 Å². The van der Waals surface area contributed by atoms with E-state index in [0.717, 1.165) is 18.8 Å². The molecular formula is C10H19F. The smallest absolute Gasteiger partial charge is 0.100 e. The van der Waals surface area contributed by atoms with Gasteiger partial charge in [-0.25, -0.2) is 4.39 Å². The van der Waals surface area contributed by atoms with E-state index in [1.807, 2.05) is 0 Å². The van der Waals surface area contributed by atoms with Crippen LogP contribution in [0.5, 0.6) is 0 Å². The second kappa shape index (κ2) is 2.76. The molecule has 0 spiro atoms. The maximum atomic E-state index is 12.7. The van der Waals surface area contributed by atoms with Crippen LogP contribution in [0.25, 0.3) is 0 Å². The van der Waals surface area contributed by atoms with Gasteiger partial charge in [-0.1, -0.05) is 20.8 Å². The lowest BCUT2D eigenvalue weighted by atomic mass is 9.62. The lowest BCUT2D eigenvalue weighted by Crippen LogP contribution is -2.37. The summed E-state index contributed by atoms with van der Waals surface area (Å²) >= 11 is 0. The molecule has 1 unspecified atom stereocenters. The summed E-state index contributed by atoms with van der Waals surface area (Å²) in [6.45, 7) is 8.42. The average Bonchev–Trinajstić information content (AvgIpc) is 1.51. The van der Waals surface area contributed by atoms with Crippen LogP contribution in [-0.2, 0) is 0 Å². The SMILES string of the molecule is CC(F)C1CC(C(C)(C)C)C1. The lowest BCUT2D eigenvalue weighted by molar-refractivity contribution is 0.0308. The Morgan fingerprint density at radius 3 is 2.00 bits per heavy atom. The van der Waals surface area contributed by atoms with Crippen molar-refractivity contribution < 1.29 is 4.39 Å².